The number of guanidine groups is 1. The van der Waals surface area contributed by atoms with Crippen LogP contribution < -0.4 is 10.1 Å². The second-order valence-electron chi connectivity index (χ2n) is 6.61. The second kappa shape index (κ2) is 10.3. The fourth-order valence-corrected chi connectivity index (χ4v) is 3.10. The Bertz CT molecular complexity index is 544. The van der Waals surface area contributed by atoms with Crippen LogP contribution in [0.1, 0.15) is 12.5 Å². The monoisotopic (exact) mass is 348 g/mol. The zero-order valence-electron chi connectivity index (χ0n) is 16.0. The molecule has 1 fully saturated rings. The van der Waals surface area contributed by atoms with Crippen molar-refractivity contribution in [3.05, 3.63) is 29.8 Å². The van der Waals surface area contributed by atoms with Gasteiger partial charge in [-0.2, -0.15) is 0 Å². The van der Waals surface area contributed by atoms with Crippen LogP contribution in [0.2, 0.25) is 0 Å². The lowest BCUT2D eigenvalue weighted by molar-refractivity contribution is 0.0320. The molecule has 1 unspecified atom stereocenters. The molecule has 25 heavy (non-hydrogen) atoms. The fraction of sp³-hybridized carbons (Fsp3) is 0.632. The van der Waals surface area contributed by atoms with E-state index in [0.29, 0.717) is 5.92 Å². The first kappa shape index (κ1) is 19.5. The van der Waals surface area contributed by atoms with E-state index >= 15 is 0 Å². The van der Waals surface area contributed by atoms with Crippen LogP contribution in [0.25, 0.3) is 0 Å². The van der Waals surface area contributed by atoms with E-state index in [1.165, 1.54) is 0 Å². The van der Waals surface area contributed by atoms with Gasteiger partial charge < -0.3 is 19.7 Å². The quantitative estimate of drug-likeness (QED) is 0.600. The summed E-state index contributed by atoms with van der Waals surface area (Å²) < 4.78 is 10.9. The van der Waals surface area contributed by atoms with Gasteiger partial charge >= 0.3 is 0 Å². The molecule has 1 atom stereocenters. The molecule has 1 aromatic rings. The number of para-hydroxylation sites is 1. The molecule has 0 saturated carbocycles. The van der Waals surface area contributed by atoms with Crippen molar-refractivity contribution in [2.45, 2.75) is 13.5 Å². The minimum Gasteiger partial charge on any atom is -0.496 e. The molecule has 0 spiro atoms. The Labute approximate surface area is 151 Å². The Morgan fingerprint density at radius 2 is 2.08 bits per heavy atom. The average molecular weight is 348 g/mol. The second-order valence-corrected chi connectivity index (χ2v) is 6.61. The number of hydrogen-bond donors (Lipinski definition) is 1. The smallest absolute Gasteiger partial charge is 0.193 e. The number of hydrogen-bond acceptors (Lipinski definition) is 4. The van der Waals surface area contributed by atoms with Crippen molar-refractivity contribution in [3.8, 4) is 5.75 Å². The van der Waals surface area contributed by atoms with Crippen LogP contribution in [0.15, 0.2) is 29.3 Å². The predicted molar refractivity (Wildman–Crippen MR) is 102 cm³/mol. The molecule has 1 aliphatic heterocycles. The number of rotatable bonds is 7. The van der Waals surface area contributed by atoms with Crippen molar-refractivity contribution in [1.29, 1.82) is 0 Å². The lowest BCUT2D eigenvalue weighted by Crippen LogP contribution is -2.44. The molecule has 6 heteroatoms. The van der Waals surface area contributed by atoms with Crippen LogP contribution in [0.5, 0.6) is 5.75 Å². The van der Waals surface area contributed by atoms with Crippen molar-refractivity contribution in [1.82, 2.24) is 15.1 Å². The molecule has 6 nitrogen and oxygen atoms in total. The number of nitrogens with one attached hydrogen (secondary N) is 1. The highest BCUT2D eigenvalue weighted by atomic mass is 16.5. The summed E-state index contributed by atoms with van der Waals surface area (Å²) in [6.07, 6.45) is 0. The largest absolute Gasteiger partial charge is 0.496 e. The number of aliphatic imine (C=N–C) groups is 1. The van der Waals surface area contributed by atoms with E-state index in [0.717, 1.165) is 63.2 Å². The van der Waals surface area contributed by atoms with E-state index in [1.807, 2.05) is 25.2 Å². The fourth-order valence-electron chi connectivity index (χ4n) is 3.10. The van der Waals surface area contributed by atoms with Crippen molar-refractivity contribution < 1.29 is 9.47 Å². The molecule has 140 valence electrons. The van der Waals surface area contributed by atoms with Crippen molar-refractivity contribution in [2.24, 2.45) is 10.9 Å². The summed E-state index contributed by atoms with van der Waals surface area (Å²) >= 11 is 0. The Hall–Kier alpha value is -1.79. The molecule has 1 aromatic carbocycles. The maximum atomic E-state index is 5.44. The molecule has 1 saturated heterocycles. The highest BCUT2D eigenvalue weighted by Crippen LogP contribution is 2.18. The number of methoxy groups -OCH3 is 1. The minimum absolute atomic E-state index is 0.550. The molecule has 0 radical (unpaired) electrons. The third-order valence-electron chi connectivity index (χ3n) is 4.46. The Balaban J connectivity index is 1.82. The molecule has 2 rings (SSSR count). The molecular weight excluding hydrogens is 316 g/mol. The van der Waals surface area contributed by atoms with Crippen LogP contribution in [0, 0.1) is 5.92 Å². The zero-order valence-corrected chi connectivity index (χ0v) is 16.0. The van der Waals surface area contributed by atoms with Gasteiger partial charge in [0.15, 0.2) is 5.96 Å². The van der Waals surface area contributed by atoms with Crippen LogP contribution in [0.4, 0.5) is 0 Å². The van der Waals surface area contributed by atoms with Gasteiger partial charge in [-0.15, -0.1) is 0 Å². The first-order chi connectivity index (χ1) is 12.1. The third kappa shape index (κ3) is 6.21. The molecule has 1 heterocycles. The van der Waals surface area contributed by atoms with Crippen LogP contribution >= 0.6 is 0 Å². The maximum Gasteiger partial charge on any atom is 0.193 e. The van der Waals surface area contributed by atoms with Gasteiger partial charge in [0.1, 0.15) is 5.75 Å². The minimum atomic E-state index is 0.550. The van der Waals surface area contributed by atoms with E-state index < -0.39 is 0 Å². The number of ether oxygens (including phenoxy) is 2. The maximum absolute atomic E-state index is 5.44. The molecule has 1 N–H and O–H groups in total. The Kier molecular flexibility index (Phi) is 8.01. The van der Waals surface area contributed by atoms with E-state index in [9.17, 15) is 0 Å². The van der Waals surface area contributed by atoms with Crippen LogP contribution in [-0.2, 0) is 11.3 Å². The summed E-state index contributed by atoms with van der Waals surface area (Å²) in [5.41, 5.74) is 1.15. The van der Waals surface area contributed by atoms with Crippen molar-refractivity contribution >= 4 is 5.96 Å². The third-order valence-corrected chi connectivity index (χ3v) is 4.46. The van der Waals surface area contributed by atoms with Gasteiger partial charge in [0, 0.05) is 52.4 Å². The molecule has 0 aliphatic carbocycles. The molecule has 1 aliphatic rings. The van der Waals surface area contributed by atoms with Gasteiger partial charge in [-0.25, -0.2) is 0 Å². The zero-order chi connectivity index (χ0) is 18.1. The van der Waals surface area contributed by atoms with Gasteiger partial charge in [0.25, 0.3) is 0 Å². The topological polar surface area (TPSA) is 49.3 Å². The highest BCUT2D eigenvalue weighted by Gasteiger charge is 2.15. The standard InChI is InChI=1S/C19H32N4O2/c1-16(14-23-9-11-25-12-10-23)13-21-19(20-2)22(3)15-17-7-5-6-8-18(17)24-4/h5-8,16H,9-15H2,1-4H3,(H,20,21). The van der Waals surface area contributed by atoms with Gasteiger partial charge in [0.2, 0.25) is 0 Å². The number of benzene rings is 1. The summed E-state index contributed by atoms with van der Waals surface area (Å²) in [6.45, 7) is 8.79. The summed E-state index contributed by atoms with van der Waals surface area (Å²) in [5, 5.41) is 3.49. The Morgan fingerprint density at radius 3 is 2.76 bits per heavy atom. The average Bonchev–Trinajstić information content (AvgIpc) is 2.63. The van der Waals surface area contributed by atoms with Crippen molar-refractivity contribution in [3.63, 3.8) is 0 Å². The summed E-state index contributed by atoms with van der Waals surface area (Å²) in [4.78, 5) is 9.01. The van der Waals surface area contributed by atoms with Gasteiger partial charge in [-0.05, 0) is 12.0 Å². The SMILES string of the molecule is CN=C(NCC(C)CN1CCOCC1)N(C)Cc1ccccc1OC. The lowest BCUT2D eigenvalue weighted by atomic mass is 10.1. The van der Waals surface area contributed by atoms with Crippen LogP contribution in [-0.4, -0.2) is 76.4 Å². The lowest BCUT2D eigenvalue weighted by Gasteiger charge is -2.30. The van der Waals surface area contributed by atoms with Gasteiger partial charge in [-0.1, -0.05) is 25.1 Å². The first-order valence-electron chi connectivity index (χ1n) is 8.97. The molecule has 0 amide bonds. The number of morpholine rings is 1. The summed E-state index contributed by atoms with van der Waals surface area (Å²) in [5.74, 6) is 2.36. The Morgan fingerprint density at radius 1 is 1.36 bits per heavy atom. The van der Waals surface area contributed by atoms with E-state index in [1.54, 1.807) is 7.11 Å². The van der Waals surface area contributed by atoms with Crippen molar-refractivity contribution in [2.75, 3.05) is 60.6 Å². The van der Waals surface area contributed by atoms with E-state index in [-0.39, 0.29) is 0 Å². The van der Waals surface area contributed by atoms with E-state index in [2.05, 4.69) is 40.1 Å². The first-order valence-corrected chi connectivity index (χ1v) is 8.97. The predicted octanol–water partition coefficient (Wildman–Crippen LogP) is 1.67. The van der Waals surface area contributed by atoms with Crippen LogP contribution in [0.3, 0.4) is 0 Å². The van der Waals surface area contributed by atoms with Gasteiger partial charge in [0.05, 0.1) is 20.3 Å². The summed E-state index contributed by atoms with van der Waals surface area (Å²) in [7, 11) is 5.58. The van der Waals surface area contributed by atoms with E-state index in [4.69, 9.17) is 9.47 Å². The molecular formula is C19H32N4O2. The summed E-state index contributed by atoms with van der Waals surface area (Å²) in [6, 6.07) is 8.10. The molecule has 0 aromatic heterocycles. The number of nitrogens with zero attached hydrogens (tertiary/aromatic N) is 3. The van der Waals surface area contributed by atoms with Gasteiger partial charge in [-0.3, -0.25) is 9.89 Å². The molecule has 0 bridgehead atoms. The normalized spacial score (nSPS) is 17.2. The highest BCUT2D eigenvalue weighted by molar-refractivity contribution is 5.79.